The van der Waals surface area contributed by atoms with Crippen molar-refractivity contribution < 1.29 is 9.53 Å². The van der Waals surface area contributed by atoms with E-state index in [0.29, 0.717) is 6.42 Å². The summed E-state index contributed by atoms with van der Waals surface area (Å²) in [6.45, 7) is 4.75. The number of nitrogens with zero attached hydrogens (tertiary/aromatic N) is 1. The predicted octanol–water partition coefficient (Wildman–Crippen LogP) is 1.64. The van der Waals surface area contributed by atoms with Gasteiger partial charge in [-0.05, 0) is 44.2 Å². The van der Waals surface area contributed by atoms with E-state index in [0.717, 1.165) is 29.1 Å². The Morgan fingerprint density at radius 3 is 2.39 bits per heavy atom. The van der Waals surface area contributed by atoms with E-state index < -0.39 is 0 Å². The zero-order chi connectivity index (χ0) is 13.3. The Morgan fingerprint density at radius 1 is 1.33 bits per heavy atom. The molecule has 4 heteroatoms. The van der Waals surface area contributed by atoms with Crippen molar-refractivity contribution in [3.05, 3.63) is 23.3 Å². The van der Waals surface area contributed by atoms with Gasteiger partial charge in [0.15, 0.2) is 0 Å². The summed E-state index contributed by atoms with van der Waals surface area (Å²) in [5.74, 6) is 1.08. The quantitative estimate of drug-likeness (QED) is 0.884. The Bertz CT molecular complexity index is 448. The van der Waals surface area contributed by atoms with Crippen LogP contribution in [0.3, 0.4) is 0 Å². The molecule has 0 aromatic heterocycles. The van der Waals surface area contributed by atoms with Crippen molar-refractivity contribution in [2.45, 2.75) is 26.3 Å². The lowest BCUT2D eigenvalue weighted by Gasteiger charge is -2.19. The third-order valence-electron chi connectivity index (χ3n) is 3.49. The Hall–Kier alpha value is -1.55. The molecule has 0 saturated carbocycles. The number of benzene rings is 1. The fraction of sp³-hybridized carbons (Fsp3) is 0.500. The minimum atomic E-state index is 0.179. The van der Waals surface area contributed by atoms with Gasteiger partial charge in [0.25, 0.3) is 0 Å². The number of aryl methyl sites for hydroxylation is 2. The Morgan fingerprint density at radius 2 is 1.94 bits per heavy atom. The molecule has 2 rings (SSSR count). The first kappa shape index (κ1) is 12.9. The third kappa shape index (κ3) is 2.20. The first-order chi connectivity index (χ1) is 8.56. The molecule has 1 unspecified atom stereocenters. The van der Waals surface area contributed by atoms with Crippen molar-refractivity contribution in [1.82, 2.24) is 5.32 Å². The lowest BCUT2D eigenvalue weighted by molar-refractivity contribution is -0.117. The molecule has 0 radical (unpaired) electrons. The topological polar surface area (TPSA) is 41.6 Å². The van der Waals surface area contributed by atoms with Gasteiger partial charge in [0.2, 0.25) is 5.91 Å². The molecule has 18 heavy (non-hydrogen) atoms. The fourth-order valence-electron chi connectivity index (χ4n) is 2.56. The molecule has 1 aliphatic rings. The summed E-state index contributed by atoms with van der Waals surface area (Å²) in [6.07, 6.45) is 0.570. The number of methoxy groups -OCH3 is 1. The van der Waals surface area contributed by atoms with E-state index in [4.69, 9.17) is 4.74 Å². The number of rotatable bonds is 3. The van der Waals surface area contributed by atoms with Gasteiger partial charge in [0.1, 0.15) is 5.75 Å². The van der Waals surface area contributed by atoms with Crippen molar-refractivity contribution in [2.75, 3.05) is 25.6 Å². The molecule has 0 bridgehead atoms. The van der Waals surface area contributed by atoms with E-state index in [1.807, 2.05) is 37.9 Å². The first-order valence-corrected chi connectivity index (χ1v) is 6.19. The minimum Gasteiger partial charge on any atom is -0.496 e. The Balaban J connectivity index is 2.32. The van der Waals surface area contributed by atoms with Crippen LogP contribution >= 0.6 is 0 Å². The zero-order valence-electron chi connectivity index (χ0n) is 11.4. The Labute approximate surface area is 108 Å². The monoisotopic (exact) mass is 248 g/mol. The summed E-state index contributed by atoms with van der Waals surface area (Å²) in [6, 6.07) is 4.28. The average molecular weight is 248 g/mol. The second-order valence-electron chi connectivity index (χ2n) is 4.81. The molecule has 1 aromatic rings. The molecule has 0 aliphatic carbocycles. The molecule has 1 N–H and O–H groups in total. The van der Waals surface area contributed by atoms with Crippen LogP contribution in [0.4, 0.5) is 5.69 Å². The zero-order valence-corrected chi connectivity index (χ0v) is 11.4. The van der Waals surface area contributed by atoms with Gasteiger partial charge in [-0.15, -0.1) is 0 Å². The number of anilines is 1. The number of nitrogens with one attached hydrogen (secondary N) is 1. The van der Waals surface area contributed by atoms with Gasteiger partial charge in [-0.25, -0.2) is 0 Å². The van der Waals surface area contributed by atoms with Crippen LogP contribution in [0, 0.1) is 13.8 Å². The van der Waals surface area contributed by atoms with Gasteiger partial charge in [0, 0.05) is 24.7 Å². The highest BCUT2D eigenvalue weighted by molar-refractivity contribution is 5.96. The van der Waals surface area contributed by atoms with Gasteiger partial charge in [-0.3, -0.25) is 4.79 Å². The molecule has 1 aromatic carbocycles. The number of hydrogen-bond acceptors (Lipinski definition) is 3. The van der Waals surface area contributed by atoms with Crippen molar-refractivity contribution in [2.24, 2.45) is 0 Å². The van der Waals surface area contributed by atoms with Crippen molar-refractivity contribution >= 4 is 11.6 Å². The van der Waals surface area contributed by atoms with Gasteiger partial charge in [-0.2, -0.15) is 0 Å². The van der Waals surface area contributed by atoms with Gasteiger partial charge in [-0.1, -0.05) is 0 Å². The lowest BCUT2D eigenvalue weighted by atomic mass is 10.1. The second kappa shape index (κ2) is 4.98. The van der Waals surface area contributed by atoms with E-state index >= 15 is 0 Å². The smallest absolute Gasteiger partial charge is 0.228 e. The molecule has 1 fully saturated rings. The predicted molar refractivity (Wildman–Crippen MR) is 72.3 cm³/mol. The summed E-state index contributed by atoms with van der Waals surface area (Å²) >= 11 is 0. The summed E-state index contributed by atoms with van der Waals surface area (Å²) in [5.41, 5.74) is 3.09. The van der Waals surface area contributed by atoms with Gasteiger partial charge in [0.05, 0.1) is 7.11 Å². The number of carbonyl (C=O) groups is 1. The second-order valence-corrected chi connectivity index (χ2v) is 4.81. The van der Waals surface area contributed by atoms with E-state index in [9.17, 15) is 4.79 Å². The largest absolute Gasteiger partial charge is 0.496 e. The van der Waals surface area contributed by atoms with Crippen LogP contribution in [-0.2, 0) is 4.79 Å². The average Bonchev–Trinajstić information content (AvgIpc) is 2.70. The molecular formula is C14H20N2O2. The number of amides is 1. The third-order valence-corrected chi connectivity index (χ3v) is 3.49. The molecular weight excluding hydrogens is 228 g/mol. The van der Waals surface area contributed by atoms with E-state index in [-0.39, 0.29) is 11.9 Å². The molecule has 98 valence electrons. The van der Waals surface area contributed by atoms with E-state index in [1.165, 1.54) is 0 Å². The van der Waals surface area contributed by atoms with Gasteiger partial charge < -0.3 is 15.0 Å². The molecule has 1 atom stereocenters. The number of carbonyl (C=O) groups excluding carboxylic acids is 1. The number of likely N-dealkylation sites (N-methyl/N-ethyl adjacent to an activating group) is 1. The number of hydrogen-bond donors (Lipinski definition) is 1. The Kier molecular flexibility index (Phi) is 3.57. The van der Waals surface area contributed by atoms with Crippen LogP contribution in [0.25, 0.3) is 0 Å². The van der Waals surface area contributed by atoms with E-state index in [2.05, 4.69) is 5.32 Å². The maximum absolute atomic E-state index is 12.0. The lowest BCUT2D eigenvalue weighted by Crippen LogP contribution is -2.30. The maximum Gasteiger partial charge on any atom is 0.228 e. The molecule has 1 heterocycles. The van der Waals surface area contributed by atoms with Crippen LogP contribution < -0.4 is 15.0 Å². The molecule has 1 aliphatic heterocycles. The summed E-state index contributed by atoms with van der Waals surface area (Å²) in [5, 5.41) is 3.16. The number of ether oxygens (including phenoxy) is 1. The van der Waals surface area contributed by atoms with Gasteiger partial charge >= 0.3 is 0 Å². The van der Waals surface area contributed by atoms with E-state index in [1.54, 1.807) is 7.11 Å². The summed E-state index contributed by atoms with van der Waals surface area (Å²) < 4.78 is 5.35. The highest BCUT2D eigenvalue weighted by Crippen LogP contribution is 2.30. The minimum absolute atomic E-state index is 0.179. The SMILES string of the molecule is CNC1CC(=O)N(c2cc(C)c(OC)c(C)c2)C1. The first-order valence-electron chi connectivity index (χ1n) is 6.19. The molecule has 1 amide bonds. The van der Waals surface area contributed by atoms with Crippen LogP contribution in [0.2, 0.25) is 0 Å². The van der Waals surface area contributed by atoms with Crippen LogP contribution in [0.1, 0.15) is 17.5 Å². The standard InChI is InChI=1S/C14H20N2O2/c1-9-5-12(6-10(2)14(9)18-4)16-8-11(15-3)7-13(16)17/h5-6,11,15H,7-8H2,1-4H3. The van der Waals surface area contributed by atoms with Crippen molar-refractivity contribution in [3.8, 4) is 5.75 Å². The van der Waals surface area contributed by atoms with Crippen LogP contribution in [0.15, 0.2) is 12.1 Å². The molecule has 1 saturated heterocycles. The highest BCUT2D eigenvalue weighted by atomic mass is 16.5. The molecule has 4 nitrogen and oxygen atoms in total. The summed E-state index contributed by atoms with van der Waals surface area (Å²) in [4.78, 5) is 13.8. The fourth-order valence-corrected chi connectivity index (χ4v) is 2.56. The van der Waals surface area contributed by atoms with Crippen molar-refractivity contribution in [1.29, 1.82) is 0 Å². The van der Waals surface area contributed by atoms with Crippen molar-refractivity contribution in [3.63, 3.8) is 0 Å². The van der Waals surface area contributed by atoms with Crippen LogP contribution in [0.5, 0.6) is 5.75 Å². The molecule has 0 spiro atoms. The maximum atomic E-state index is 12.0. The normalized spacial score (nSPS) is 19.4. The highest BCUT2D eigenvalue weighted by Gasteiger charge is 2.29. The summed E-state index contributed by atoms with van der Waals surface area (Å²) in [7, 11) is 3.57. The van der Waals surface area contributed by atoms with Crippen LogP contribution in [-0.4, -0.2) is 32.7 Å².